The SMILES string of the molecule is C.NC(CCCCNC(=O)CCCC(=O)O)C(=O)O. The van der Waals surface area contributed by atoms with Gasteiger partial charge in [0.15, 0.2) is 0 Å². The van der Waals surface area contributed by atoms with E-state index < -0.39 is 18.0 Å². The van der Waals surface area contributed by atoms with E-state index in [0.29, 0.717) is 32.2 Å². The second kappa shape index (κ2) is 11.5. The summed E-state index contributed by atoms with van der Waals surface area (Å²) in [5.74, 6) is -2.11. The molecule has 0 aliphatic heterocycles. The first-order valence-corrected chi connectivity index (χ1v) is 5.90. The quantitative estimate of drug-likeness (QED) is 0.432. The maximum absolute atomic E-state index is 11.2. The third-order valence-corrected chi connectivity index (χ3v) is 2.38. The molecule has 0 fully saturated rings. The van der Waals surface area contributed by atoms with E-state index in [1.54, 1.807) is 0 Å². The molecule has 0 heterocycles. The Morgan fingerprint density at radius 3 is 2.21 bits per heavy atom. The highest BCUT2D eigenvalue weighted by Crippen LogP contribution is 1.99. The van der Waals surface area contributed by atoms with Gasteiger partial charge in [0.05, 0.1) is 0 Å². The minimum Gasteiger partial charge on any atom is -0.481 e. The maximum Gasteiger partial charge on any atom is 0.320 e. The molecule has 0 aliphatic rings. The van der Waals surface area contributed by atoms with Crippen molar-refractivity contribution in [2.24, 2.45) is 5.73 Å². The number of aliphatic carboxylic acids is 2. The van der Waals surface area contributed by atoms with E-state index >= 15 is 0 Å². The number of hydrogen-bond acceptors (Lipinski definition) is 4. The van der Waals surface area contributed by atoms with Crippen LogP contribution in [0.4, 0.5) is 0 Å². The van der Waals surface area contributed by atoms with Crippen molar-refractivity contribution in [1.82, 2.24) is 5.32 Å². The smallest absolute Gasteiger partial charge is 0.320 e. The van der Waals surface area contributed by atoms with Gasteiger partial charge in [-0.05, 0) is 25.7 Å². The third kappa shape index (κ3) is 12.6. The Bertz CT molecular complexity index is 294. The minimum atomic E-state index is -1.02. The molecule has 112 valence electrons. The second-order valence-electron chi connectivity index (χ2n) is 4.04. The molecule has 5 N–H and O–H groups in total. The fourth-order valence-corrected chi connectivity index (χ4v) is 1.33. The second-order valence-corrected chi connectivity index (χ2v) is 4.04. The van der Waals surface area contributed by atoms with Crippen molar-refractivity contribution < 1.29 is 24.6 Å². The van der Waals surface area contributed by atoms with Crippen LogP contribution in [0, 0.1) is 0 Å². The number of amides is 1. The van der Waals surface area contributed by atoms with E-state index in [9.17, 15) is 14.4 Å². The van der Waals surface area contributed by atoms with E-state index in [4.69, 9.17) is 15.9 Å². The fraction of sp³-hybridized carbons (Fsp3) is 0.750. The Kier molecular flexibility index (Phi) is 11.9. The molecule has 7 nitrogen and oxygen atoms in total. The van der Waals surface area contributed by atoms with E-state index in [1.165, 1.54) is 0 Å². The number of carbonyl (C=O) groups excluding carboxylic acids is 1. The molecule has 1 unspecified atom stereocenters. The molecule has 0 saturated carbocycles. The van der Waals surface area contributed by atoms with Gasteiger partial charge in [-0.15, -0.1) is 0 Å². The van der Waals surface area contributed by atoms with Crippen molar-refractivity contribution in [1.29, 1.82) is 0 Å². The largest absolute Gasteiger partial charge is 0.481 e. The fourth-order valence-electron chi connectivity index (χ4n) is 1.33. The van der Waals surface area contributed by atoms with E-state index in [0.717, 1.165) is 0 Å². The minimum absolute atomic E-state index is 0. The summed E-state index contributed by atoms with van der Waals surface area (Å²) in [7, 11) is 0. The van der Waals surface area contributed by atoms with E-state index in [-0.39, 0.29) is 26.2 Å². The van der Waals surface area contributed by atoms with Gasteiger partial charge in [-0.3, -0.25) is 14.4 Å². The number of nitrogens with one attached hydrogen (secondary N) is 1. The molecular weight excluding hydrogens is 252 g/mol. The van der Waals surface area contributed by atoms with Gasteiger partial charge in [0.1, 0.15) is 6.04 Å². The summed E-state index contributed by atoms with van der Waals surface area (Å²) in [5, 5.41) is 19.5. The number of rotatable bonds is 10. The molecule has 0 aromatic heterocycles. The lowest BCUT2D eigenvalue weighted by Crippen LogP contribution is -2.30. The van der Waals surface area contributed by atoms with Crippen molar-refractivity contribution in [3.05, 3.63) is 0 Å². The van der Waals surface area contributed by atoms with Gasteiger partial charge >= 0.3 is 11.9 Å². The first-order valence-electron chi connectivity index (χ1n) is 5.90. The molecule has 1 amide bonds. The zero-order chi connectivity index (χ0) is 14.0. The Labute approximate surface area is 113 Å². The monoisotopic (exact) mass is 276 g/mol. The molecule has 7 heteroatoms. The van der Waals surface area contributed by atoms with Gasteiger partial charge in [-0.2, -0.15) is 0 Å². The lowest BCUT2D eigenvalue weighted by atomic mass is 10.1. The predicted octanol–water partition coefficient (Wildman–Crippen LogP) is 0.576. The third-order valence-electron chi connectivity index (χ3n) is 2.38. The molecule has 0 aromatic carbocycles. The number of carboxylic acids is 2. The van der Waals surface area contributed by atoms with Crippen molar-refractivity contribution in [3.63, 3.8) is 0 Å². The zero-order valence-corrected chi connectivity index (χ0v) is 10.2. The molecule has 0 rings (SSSR count). The summed E-state index contributed by atoms with van der Waals surface area (Å²) in [4.78, 5) is 31.8. The number of carbonyl (C=O) groups is 3. The highest BCUT2D eigenvalue weighted by atomic mass is 16.4. The van der Waals surface area contributed by atoms with Crippen LogP contribution in [0.3, 0.4) is 0 Å². The van der Waals surface area contributed by atoms with Crippen LogP contribution in [0.5, 0.6) is 0 Å². The van der Waals surface area contributed by atoms with Crippen LogP contribution in [0.1, 0.15) is 46.0 Å². The Hall–Kier alpha value is -1.63. The number of hydrogen-bond donors (Lipinski definition) is 4. The van der Waals surface area contributed by atoms with Crippen LogP contribution in [0.25, 0.3) is 0 Å². The maximum atomic E-state index is 11.2. The summed E-state index contributed by atoms with van der Waals surface area (Å²) in [6.07, 6.45) is 2.17. The van der Waals surface area contributed by atoms with Gasteiger partial charge in [-0.1, -0.05) is 7.43 Å². The van der Waals surface area contributed by atoms with Gasteiger partial charge in [0, 0.05) is 19.4 Å². The summed E-state index contributed by atoms with van der Waals surface area (Å²) in [6, 6.07) is -0.851. The molecular formula is C12H24N2O5. The van der Waals surface area contributed by atoms with Crippen LogP contribution in [0.2, 0.25) is 0 Å². The summed E-state index contributed by atoms with van der Waals surface area (Å²) >= 11 is 0. The molecule has 1 atom stereocenters. The topological polar surface area (TPSA) is 130 Å². The first kappa shape index (κ1) is 19.7. The van der Waals surface area contributed by atoms with Crippen LogP contribution in [-0.4, -0.2) is 40.6 Å². The summed E-state index contributed by atoms with van der Waals surface area (Å²) in [5.41, 5.74) is 5.31. The van der Waals surface area contributed by atoms with Crippen LogP contribution < -0.4 is 11.1 Å². The standard InChI is InChI=1S/C11H20N2O5.CH4/c12-8(11(17)18)4-1-2-7-13-9(14)5-3-6-10(15)16;/h8H,1-7,12H2,(H,13,14)(H,15,16)(H,17,18);1H4. The summed E-state index contributed by atoms with van der Waals surface area (Å²) in [6.45, 7) is 0.457. The number of nitrogens with two attached hydrogens (primary N) is 1. The molecule has 0 spiro atoms. The van der Waals surface area contributed by atoms with Crippen molar-refractivity contribution in [2.45, 2.75) is 52.0 Å². The lowest BCUT2D eigenvalue weighted by molar-refractivity contribution is -0.139. The first-order chi connectivity index (χ1) is 8.43. The van der Waals surface area contributed by atoms with Crippen LogP contribution in [-0.2, 0) is 14.4 Å². The van der Waals surface area contributed by atoms with Crippen molar-refractivity contribution in [3.8, 4) is 0 Å². The van der Waals surface area contributed by atoms with E-state index in [1.807, 2.05) is 0 Å². The average molecular weight is 276 g/mol. The van der Waals surface area contributed by atoms with Crippen molar-refractivity contribution >= 4 is 17.8 Å². The van der Waals surface area contributed by atoms with E-state index in [2.05, 4.69) is 5.32 Å². The normalized spacial score (nSPS) is 11.2. The summed E-state index contributed by atoms with van der Waals surface area (Å²) < 4.78 is 0. The predicted molar refractivity (Wildman–Crippen MR) is 70.7 cm³/mol. The Morgan fingerprint density at radius 1 is 1.05 bits per heavy atom. The molecule has 0 aromatic rings. The average Bonchev–Trinajstić information content (AvgIpc) is 2.27. The zero-order valence-electron chi connectivity index (χ0n) is 10.2. The van der Waals surface area contributed by atoms with Gasteiger partial charge in [0.2, 0.25) is 5.91 Å². The van der Waals surface area contributed by atoms with Gasteiger partial charge in [-0.25, -0.2) is 0 Å². The number of unbranched alkanes of at least 4 members (excludes halogenated alkanes) is 1. The highest BCUT2D eigenvalue weighted by Gasteiger charge is 2.10. The van der Waals surface area contributed by atoms with Crippen molar-refractivity contribution in [2.75, 3.05) is 6.54 Å². The molecule has 0 aliphatic carbocycles. The lowest BCUT2D eigenvalue weighted by Gasteiger charge is -2.07. The molecule has 19 heavy (non-hydrogen) atoms. The molecule has 0 radical (unpaired) electrons. The number of carboxylic acid groups (broad SMARTS) is 2. The van der Waals surface area contributed by atoms with Crippen LogP contribution in [0.15, 0.2) is 0 Å². The van der Waals surface area contributed by atoms with Gasteiger partial charge in [0.25, 0.3) is 0 Å². The Morgan fingerprint density at radius 2 is 1.68 bits per heavy atom. The molecule has 0 bridgehead atoms. The van der Waals surface area contributed by atoms with Crippen LogP contribution >= 0.6 is 0 Å². The highest BCUT2D eigenvalue weighted by molar-refractivity contribution is 5.76. The molecule has 0 saturated heterocycles. The Balaban J connectivity index is 0. The van der Waals surface area contributed by atoms with Gasteiger partial charge < -0.3 is 21.3 Å².